The first-order valence-electron chi connectivity index (χ1n) is 6.04. The van der Waals surface area contributed by atoms with Gasteiger partial charge in [0.15, 0.2) is 0 Å². The SMILES string of the molecule is CCC1(C)CC(C)C=CCC(C)(C)C1. The van der Waals surface area contributed by atoms with Crippen molar-refractivity contribution in [3.8, 4) is 0 Å². The Hall–Kier alpha value is -0.260. The van der Waals surface area contributed by atoms with E-state index in [1.54, 1.807) is 0 Å². The third kappa shape index (κ3) is 3.15. The molecule has 0 amide bonds. The van der Waals surface area contributed by atoms with E-state index < -0.39 is 0 Å². The average molecular weight is 194 g/mol. The molecule has 0 nitrogen and oxygen atoms in total. The minimum Gasteiger partial charge on any atom is -0.0877 e. The van der Waals surface area contributed by atoms with Crippen LogP contribution in [0.2, 0.25) is 0 Å². The maximum Gasteiger partial charge on any atom is -0.0257 e. The molecule has 0 heterocycles. The summed E-state index contributed by atoms with van der Waals surface area (Å²) in [6, 6.07) is 0. The lowest BCUT2D eigenvalue weighted by atomic mass is 9.66. The fourth-order valence-corrected chi connectivity index (χ4v) is 3.03. The molecule has 1 aliphatic rings. The summed E-state index contributed by atoms with van der Waals surface area (Å²) in [6.45, 7) is 12.0. The Morgan fingerprint density at radius 3 is 2.50 bits per heavy atom. The van der Waals surface area contributed by atoms with Crippen LogP contribution in [0.3, 0.4) is 0 Å². The lowest BCUT2D eigenvalue weighted by Crippen LogP contribution is -2.28. The van der Waals surface area contributed by atoms with Gasteiger partial charge in [0, 0.05) is 0 Å². The van der Waals surface area contributed by atoms with Gasteiger partial charge in [0.2, 0.25) is 0 Å². The Morgan fingerprint density at radius 1 is 1.29 bits per heavy atom. The predicted molar refractivity (Wildman–Crippen MR) is 64.3 cm³/mol. The van der Waals surface area contributed by atoms with Gasteiger partial charge in [-0.1, -0.05) is 53.2 Å². The smallest absolute Gasteiger partial charge is 0.0257 e. The van der Waals surface area contributed by atoms with E-state index in [0.29, 0.717) is 10.8 Å². The second-order valence-electron chi connectivity index (χ2n) is 6.32. The zero-order chi connectivity index (χ0) is 10.8. The molecular formula is C14H26. The first kappa shape index (κ1) is 11.8. The highest BCUT2D eigenvalue weighted by atomic mass is 14.4. The van der Waals surface area contributed by atoms with Crippen molar-refractivity contribution in [1.82, 2.24) is 0 Å². The Morgan fingerprint density at radius 2 is 1.93 bits per heavy atom. The van der Waals surface area contributed by atoms with Crippen LogP contribution in [0.4, 0.5) is 0 Å². The number of allylic oxidation sites excluding steroid dienone is 2. The summed E-state index contributed by atoms with van der Waals surface area (Å²) in [7, 11) is 0. The van der Waals surface area contributed by atoms with Crippen LogP contribution in [0.15, 0.2) is 12.2 Å². The molecule has 0 bridgehead atoms. The van der Waals surface area contributed by atoms with Crippen molar-refractivity contribution < 1.29 is 0 Å². The average Bonchev–Trinajstić information content (AvgIpc) is 2.00. The third-order valence-corrected chi connectivity index (χ3v) is 3.71. The van der Waals surface area contributed by atoms with Crippen LogP contribution in [0.25, 0.3) is 0 Å². The van der Waals surface area contributed by atoms with E-state index in [0.717, 1.165) is 5.92 Å². The minimum absolute atomic E-state index is 0.488. The molecule has 14 heavy (non-hydrogen) atoms. The van der Waals surface area contributed by atoms with E-state index in [2.05, 4.69) is 46.8 Å². The molecule has 0 fully saturated rings. The zero-order valence-corrected chi connectivity index (χ0v) is 10.6. The van der Waals surface area contributed by atoms with Crippen molar-refractivity contribution in [2.45, 2.75) is 60.3 Å². The van der Waals surface area contributed by atoms with E-state index >= 15 is 0 Å². The number of hydrogen-bond donors (Lipinski definition) is 0. The van der Waals surface area contributed by atoms with E-state index in [1.807, 2.05) is 0 Å². The van der Waals surface area contributed by atoms with Crippen molar-refractivity contribution >= 4 is 0 Å². The Bertz CT molecular complexity index is 212. The molecular weight excluding hydrogens is 168 g/mol. The fraction of sp³-hybridized carbons (Fsp3) is 0.857. The Labute approximate surface area is 89.8 Å². The molecule has 0 saturated carbocycles. The third-order valence-electron chi connectivity index (χ3n) is 3.71. The van der Waals surface area contributed by atoms with Crippen LogP contribution in [0, 0.1) is 16.7 Å². The van der Waals surface area contributed by atoms with E-state index in [9.17, 15) is 0 Å². The van der Waals surface area contributed by atoms with Crippen LogP contribution in [-0.2, 0) is 0 Å². The summed E-state index contributed by atoms with van der Waals surface area (Å²) in [5.41, 5.74) is 1.04. The van der Waals surface area contributed by atoms with Gasteiger partial charge in [-0.15, -0.1) is 0 Å². The summed E-state index contributed by atoms with van der Waals surface area (Å²) < 4.78 is 0. The van der Waals surface area contributed by atoms with E-state index in [4.69, 9.17) is 0 Å². The van der Waals surface area contributed by atoms with Crippen molar-refractivity contribution in [2.75, 3.05) is 0 Å². The van der Waals surface area contributed by atoms with Gasteiger partial charge in [-0.25, -0.2) is 0 Å². The van der Waals surface area contributed by atoms with Crippen molar-refractivity contribution in [3.63, 3.8) is 0 Å². The van der Waals surface area contributed by atoms with Gasteiger partial charge in [0.25, 0.3) is 0 Å². The predicted octanol–water partition coefficient (Wildman–Crippen LogP) is 4.81. The van der Waals surface area contributed by atoms with E-state index in [-0.39, 0.29) is 0 Å². The molecule has 1 aliphatic carbocycles. The molecule has 0 aromatic rings. The highest BCUT2D eigenvalue weighted by Gasteiger charge is 2.32. The van der Waals surface area contributed by atoms with Crippen molar-refractivity contribution in [1.29, 1.82) is 0 Å². The van der Waals surface area contributed by atoms with Gasteiger partial charge in [-0.2, -0.15) is 0 Å². The van der Waals surface area contributed by atoms with Crippen LogP contribution in [0.5, 0.6) is 0 Å². The van der Waals surface area contributed by atoms with Crippen molar-refractivity contribution in [2.24, 2.45) is 16.7 Å². The molecule has 82 valence electrons. The highest BCUT2D eigenvalue weighted by Crippen LogP contribution is 2.44. The molecule has 0 aromatic carbocycles. The van der Waals surface area contributed by atoms with E-state index in [1.165, 1.54) is 25.7 Å². The normalized spacial score (nSPS) is 37.6. The topological polar surface area (TPSA) is 0 Å². The minimum atomic E-state index is 0.488. The second kappa shape index (κ2) is 4.08. The summed E-state index contributed by atoms with van der Waals surface area (Å²) >= 11 is 0. The van der Waals surface area contributed by atoms with Gasteiger partial charge in [-0.3, -0.25) is 0 Å². The van der Waals surface area contributed by atoms with Crippen LogP contribution in [0.1, 0.15) is 60.3 Å². The quantitative estimate of drug-likeness (QED) is 0.526. The second-order valence-corrected chi connectivity index (χ2v) is 6.32. The zero-order valence-electron chi connectivity index (χ0n) is 10.6. The molecule has 0 radical (unpaired) electrons. The Balaban J connectivity index is 2.83. The van der Waals surface area contributed by atoms with Crippen LogP contribution in [-0.4, -0.2) is 0 Å². The lowest BCUT2D eigenvalue weighted by molar-refractivity contribution is 0.141. The lowest BCUT2D eigenvalue weighted by Gasteiger charge is -2.39. The van der Waals surface area contributed by atoms with Gasteiger partial charge in [0.05, 0.1) is 0 Å². The summed E-state index contributed by atoms with van der Waals surface area (Å²) in [4.78, 5) is 0. The maximum atomic E-state index is 2.46. The molecule has 0 spiro atoms. The monoisotopic (exact) mass is 194 g/mol. The van der Waals surface area contributed by atoms with Gasteiger partial charge in [-0.05, 0) is 36.0 Å². The van der Waals surface area contributed by atoms with Crippen LogP contribution >= 0.6 is 0 Å². The number of rotatable bonds is 1. The summed E-state index contributed by atoms with van der Waals surface area (Å²) in [5.74, 6) is 0.760. The standard InChI is InChI=1S/C14H26/c1-6-14(5)10-12(2)8-7-9-13(3,4)11-14/h7-8,12H,6,9-11H2,1-5H3. The molecule has 2 atom stereocenters. The van der Waals surface area contributed by atoms with Gasteiger partial charge in [0.1, 0.15) is 0 Å². The van der Waals surface area contributed by atoms with Crippen LogP contribution < -0.4 is 0 Å². The largest absolute Gasteiger partial charge is 0.0877 e. The molecule has 2 unspecified atom stereocenters. The molecule has 0 saturated heterocycles. The molecule has 0 aliphatic heterocycles. The summed E-state index contributed by atoms with van der Waals surface area (Å²) in [6.07, 6.45) is 10.1. The highest BCUT2D eigenvalue weighted by molar-refractivity contribution is 4.97. The van der Waals surface area contributed by atoms with Crippen molar-refractivity contribution in [3.05, 3.63) is 12.2 Å². The maximum absolute atomic E-state index is 2.46. The molecule has 1 rings (SSSR count). The summed E-state index contributed by atoms with van der Waals surface area (Å²) in [5, 5.41) is 0. The molecule has 0 aromatic heterocycles. The number of hydrogen-bond acceptors (Lipinski definition) is 0. The van der Waals surface area contributed by atoms with Gasteiger partial charge < -0.3 is 0 Å². The first-order chi connectivity index (χ1) is 6.37. The van der Waals surface area contributed by atoms with Gasteiger partial charge >= 0.3 is 0 Å². The fourth-order valence-electron chi connectivity index (χ4n) is 3.03. The first-order valence-corrected chi connectivity index (χ1v) is 6.04. The Kier molecular flexibility index (Phi) is 3.44. The molecule has 0 heteroatoms. The molecule has 0 N–H and O–H groups in total.